The molecule has 0 radical (unpaired) electrons. The second-order valence-corrected chi connectivity index (χ2v) is 8.45. The summed E-state index contributed by atoms with van der Waals surface area (Å²) in [6, 6.07) is 14.5. The lowest BCUT2D eigenvalue weighted by Gasteiger charge is -2.33. The van der Waals surface area contributed by atoms with E-state index >= 15 is 0 Å². The highest BCUT2D eigenvalue weighted by Crippen LogP contribution is 2.17. The average molecular weight is 575 g/mol. The third kappa shape index (κ3) is 6.92. The molecular weight excluding hydrogens is 539 g/mol. The molecule has 1 fully saturated rings. The Morgan fingerprint density at radius 3 is 2.50 bits per heavy atom. The number of hydrogen-bond donors (Lipinski definition) is 2. The monoisotopic (exact) mass is 574 g/mol. The number of aromatic amines is 1. The van der Waals surface area contributed by atoms with Crippen molar-refractivity contribution in [3.63, 3.8) is 0 Å². The van der Waals surface area contributed by atoms with E-state index in [9.17, 15) is 0 Å². The number of hydrogen-bond acceptors (Lipinski definition) is 5. The van der Waals surface area contributed by atoms with Gasteiger partial charge in [-0.05, 0) is 31.2 Å². The van der Waals surface area contributed by atoms with Gasteiger partial charge in [0, 0.05) is 46.0 Å². The van der Waals surface area contributed by atoms with Crippen LogP contribution in [0.5, 0.6) is 0 Å². The molecule has 34 heavy (non-hydrogen) atoms. The molecule has 0 saturated carbocycles. The van der Waals surface area contributed by atoms with Crippen LogP contribution < -0.4 is 10.2 Å². The van der Waals surface area contributed by atoms with E-state index in [0.29, 0.717) is 13.1 Å². The fourth-order valence-corrected chi connectivity index (χ4v) is 3.88. The first-order valence-corrected chi connectivity index (χ1v) is 11.6. The van der Waals surface area contributed by atoms with Gasteiger partial charge >= 0.3 is 0 Å². The van der Waals surface area contributed by atoms with E-state index in [2.05, 4.69) is 73.2 Å². The fraction of sp³-hybridized carbons (Fsp3) is 0.400. The van der Waals surface area contributed by atoms with E-state index < -0.39 is 0 Å². The summed E-state index contributed by atoms with van der Waals surface area (Å²) in [6.45, 7) is 8.30. The van der Waals surface area contributed by atoms with Crippen molar-refractivity contribution in [3.8, 4) is 11.3 Å². The number of nitrogens with one attached hydrogen (secondary N) is 2. The van der Waals surface area contributed by atoms with Crippen molar-refractivity contribution in [3.05, 3.63) is 66.2 Å². The van der Waals surface area contributed by atoms with Crippen LogP contribution in [-0.4, -0.2) is 77.5 Å². The predicted molar refractivity (Wildman–Crippen MR) is 150 cm³/mol. The number of anilines is 1. The second-order valence-electron chi connectivity index (χ2n) is 8.45. The molecule has 0 amide bonds. The number of pyridine rings is 1. The largest absolute Gasteiger partial charge is 0.357 e. The van der Waals surface area contributed by atoms with Gasteiger partial charge in [-0.1, -0.05) is 36.4 Å². The van der Waals surface area contributed by atoms with Crippen LogP contribution in [0.1, 0.15) is 18.3 Å². The van der Waals surface area contributed by atoms with Crippen LogP contribution >= 0.6 is 24.0 Å². The first-order valence-electron chi connectivity index (χ1n) is 11.6. The van der Waals surface area contributed by atoms with Crippen LogP contribution in [-0.2, 0) is 13.1 Å². The molecule has 0 unspecified atom stereocenters. The summed E-state index contributed by atoms with van der Waals surface area (Å²) in [5.41, 5.74) is 3.25. The molecule has 9 heteroatoms. The van der Waals surface area contributed by atoms with Gasteiger partial charge in [0.25, 0.3) is 0 Å². The maximum Gasteiger partial charge on any atom is 0.194 e. The minimum Gasteiger partial charge on any atom is -0.357 e. The highest BCUT2D eigenvalue weighted by molar-refractivity contribution is 14.0. The molecule has 0 spiro atoms. The lowest BCUT2D eigenvalue weighted by atomic mass is 10.2. The van der Waals surface area contributed by atoms with E-state index in [4.69, 9.17) is 4.99 Å². The van der Waals surface area contributed by atoms with Gasteiger partial charge in [0.15, 0.2) is 5.96 Å². The number of aromatic nitrogens is 3. The minimum absolute atomic E-state index is 0. The van der Waals surface area contributed by atoms with Crippen molar-refractivity contribution < 1.29 is 0 Å². The summed E-state index contributed by atoms with van der Waals surface area (Å²) in [7, 11) is 4.19. The maximum absolute atomic E-state index is 4.83. The summed E-state index contributed by atoms with van der Waals surface area (Å²) in [6.07, 6.45) is 3.83. The molecule has 2 N–H and O–H groups in total. The summed E-state index contributed by atoms with van der Waals surface area (Å²) < 4.78 is 0. The van der Waals surface area contributed by atoms with E-state index in [0.717, 1.165) is 67.1 Å². The lowest BCUT2D eigenvalue weighted by Crippen LogP contribution is -2.44. The van der Waals surface area contributed by atoms with Crippen molar-refractivity contribution in [2.45, 2.75) is 20.0 Å². The number of likely N-dealkylation sites (N-methyl/N-ethyl adjacent to an activating group) is 1. The lowest BCUT2D eigenvalue weighted by molar-refractivity contribution is 0.312. The Labute approximate surface area is 219 Å². The first-order chi connectivity index (χ1) is 16.1. The molecule has 1 aliphatic heterocycles. The van der Waals surface area contributed by atoms with E-state index in [1.807, 2.05) is 37.6 Å². The number of benzene rings is 1. The van der Waals surface area contributed by atoms with Crippen molar-refractivity contribution >= 4 is 35.8 Å². The Bertz CT molecular complexity index is 1030. The molecule has 0 bridgehead atoms. The number of rotatable bonds is 7. The molecule has 8 nitrogen and oxygen atoms in total. The Balaban J connectivity index is 0.00000324. The zero-order valence-electron chi connectivity index (χ0n) is 20.2. The fourth-order valence-electron chi connectivity index (χ4n) is 3.88. The van der Waals surface area contributed by atoms with Crippen LogP contribution in [0.25, 0.3) is 11.3 Å². The zero-order valence-corrected chi connectivity index (χ0v) is 22.6. The quantitative estimate of drug-likeness (QED) is 0.256. The molecule has 4 rings (SSSR count). The van der Waals surface area contributed by atoms with Crippen LogP contribution in [0.4, 0.5) is 5.82 Å². The third-order valence-electron chi connectivity index (χ3n) is 5.84. The Hall–Kier alpha value is -2.66. The molecule has 1 aromatic carbocycles. The number of aliphatic imine (C=N–C) groups is 1. The van der Waals surface area contributed by atoms with Gasteiger partial charge in [-0.3, -0.25) is 0 Å². The van der Waals surface area contributed by atoms with Gasteiger partial charge in [0.1, 0.15) is 11.6 Å². The normalized spacial score (nSPS) is 14.6. The third-order valence-corrected chi connectivity index (χ3v) is 5.84. The Kier molecular flexibility index (Phi) is 9.70. The number of halogens is 1. The van der Waals surface area contributed by atoms with Crippen LogP contribution in [0.2, 0.25) is 0 Å². The summed E-state index contributed by atoms with van der Waals surface area (Å²) in [5, 5.41) is 3.38. The highest BCUT2D eigenvalue weighted by atomic mass is 127. The molecule has 1 saturated heterocycles. The minimum atomic E-state index is 0. The maximum atomic E-state index is 4.83. The number of piperazine rings is 1. The van der Waals surface area contributed by atoms with Gasteiger partial charge in [-0.25, -0.2) is 15.0 Å². The van der Waals surface area contributed by atoms with E-state index in [1.165, 1.54) is 0 Å². The SMILES string of the molecule is CCNC(=NCc1ccc(N2CCN(C)CC2)nc1)N(C)Cc1ncc(-c2ccccc2)[nH]1.I. The van der Waals surface area contributed by atoms with E-state index in [1.54, 1.807) is 0 Å². The highest BCUT2D eigenvalue weighted by Gasteiger charge is 2.15. The van der Waals surface area contributed by atoms with E-state index in [-0.39, 0.29) is 24.0 Å². The first kappa shape index (κ1) is 26.0. The molecule has 182 valence electrons. The molecular formula is C25H35IN8. The van der Waals surface area contributed by atoms with Gasteiger partial charge in [-0.15, -0.1) is 24.0 Å². The Morgan fingerprint density at radius 1 is 1.06 bits per heavy atom. The van der Waals surface area contributed by atoms with Gasteiger partial charge in [0.2, 0.25) is 0 Å². The second kappa shape index (κ2) is 12.7. The molecule has 2 aromatic heterocycles. The summed E-state index contributed by atoms with van der Waals surface area (Å²) >= 11 is 0. The van der Waals surface area contributed by atoms with Crippen molar-refractivity contribution in [1.29, 1.82) is 0 Å². The summed E-state index contributed by atoms with van der Waals surface area (Å²) in [4.78, 5) is 24.3. The predicted octanol–water partition coefficient (Wildman–Crippen LogP) is 3.44. The number of imidazole rings is 1. The van der Waals surface area contributed by atoms with Gasteiger partial charge in [0.05, 0.1) is 25.0 Å². The smallest absolute Gasteiger partial charge is 0.194 e. The van der Waals surface area contributed by atoms with Crippen molar-refractivity contribution in [2.75, 3.05) is 51.7 Å². The number of guanidine groups is 1. The molecule has 0 aliphatic carbocycles. The molecule has 0 atom stereocenters. The average Bonchev–Trinajstić information content (AvgIpc) is 3.31. The number of nitrogens with zero attached hydrogens (tertiary/aromatic N) is 6. The van der Waals surface area contributed by atoms with Gasteiger partial charge in [-0.2, -0.15) is 0 Å². The standard InChI is InChI=1S/C25H34N8.HI/c1-4-26-25(32(3)19-23-27-18-22(30-23)21-8-6-5-7-9-21)29-17-20-10-11-24(28-16-20)33-14-12-31(2)13-15-33;/h5-11,16,18H,4,12-15,17,19H2,1-3H3,(H,26,29)(H,27,30);1H. The van der Waals surface area contributed by atoms with Crippen LogP contribution in [0, 0.1) is 0 Å². The zero-order chi connectivity index (χ0) is 23.0. The van der Waals surface area contributed by atoms with Crippen LogP contribution in [0.3, 0.4) is 0 Å². The van der Waals surface area contributed by atoms with Crippen molar-refractivity contribution in [2.24, 2.45) is 4.99 Å². The number of H-pyrrole nitrogens is 1. The summed E-state index contributed by atoms with van der Waals surface area (Å²) in [5.74, 6) is 2.80. The van der Waals surface area contributed by atoms with Crippen molar-refractivity contribution in [1.82, 2.24) is 30.1 Å². The molecule has 3 aromatic rings. The van der Waals surface area contributed by atoms with Crippen LogP contribution in [0.15, 0.2) is 59.9 Å². The Morgan fingerprint density at radius 2 is 1.82 bits per heavy atom. The molecule has 3 heterocycles. The molecule has 1 aliphatic rings. The van der Waals surface area contributed by atoms with Gasteiger partial charge < -0.3 is 25.0 Å². The topological polar surface area (TPSA) is 75.7 Å².